The van der Waals surface area contributed by atoms with E-state index in [1.807, 2.05) is 0 Å². The lowest BCUT2D eigenvalue weighted by molar-refractivity contribution is -0.125. The van der Waals surface area contributed by atoms with Crippen LogP contribution in [0.4, 0.5) is 8.78 Å². The van der Waals surface area contributed by atoms with Gasteiger partial charge >= 0.3 is 0 Å². The Morgan fingerprint density at radius 1 is 1.33 bits per heavy atom. The molecule has 0 bridgehead atoms. The van der Waals surface area contributed by atoms with Crippen LogP contribution in [0.2, 0.25) is 0 Å². The van der Waals surface area contributed by atoms with Crippen LogP contribution in [-0.2, 0) is 16.1 Å². The number of carbonyl (C=O) groups is 2. The summed E-state index contributed by atoms with van der Waals surface area (Å²) < 4.78 is 25.8. The van der Waals surface area contributed by atoms with E-state index in [0.717, 1.165) is 18.2 Å². The van der Waals surface area contributed by atoms with Crippen LogP contribution in [0.25, 0.3) is 0 Å². The normalized spacial score (nSPS) is 18.6. The smallest absolute Gasteiger partial charge is 0.242 e. The molecule has 4 nitrogen and oxygen atoms in total. The molecule has 0 radical (unpaired) electrons. The summed E-state index contributed by atoms with van der Waals surface area (Å²) in [5, 5.41) is 5.04. The van der Waals surface area contributed by atoms with Crippen molar-refractivity contribution in [3.63, 3.8) is 0 Å². The number of hydrogen-bond acceptors (Lipinski definition) is 2. The number of halogens is 2. The van der Waals surface area contributed by atoms with Gasteiger partial charge in [0, 0.05) is 19.0 Å². The molecule has 2 rings (SSSR count). The van der Waals surface area contributed by atoms with E-state index >= 15 is 0 Å². The van der Waals surface area contributed by atoms with E-state index in [2.05, 4.69) is 10.6 Å². The van der Waals surface area contributed by atoms with Crippen LogP contribution >= 0.6 is 0 Å². The molecule has 1 aromatic rings. The summed E-state index contributed by atoms with van der Waals surface area (Å²) in [5.41, 5.74) is 0.338. The maximum atomic E-state index is 12.9. The summed E-state index contributed by atoms with van der Waals surface area (Å²) in [5.74, 6) is -1.88. The zero-order valence-electron chi connectivity index (χ0n) is 9.50. The molecule has 2 N–H and O–H groups in total. The highest BCUT2D eigenvalue weighted by Gasteiger charge is 2.26. The highest BCUT2D eigenvalue weighted by molar-refractivity contribution is 5.90. The van der Waals surface area contributed by atoms with E-state index in [0.29, 0.717) is 18.4 Å². The second-order valence-electron chi connectivity index (χ2n) is 4.15. The Kier molecular flexibility index (Phi) is 3.55. The Morgan fingerprint density at radius 3 is 2.56 bits per heavy atom. The van der Waals surface area contributed by atoms with Crippen LogP contribution in [0, 0.1) is 11.6 Å². The summed E-state index contributed by atoms with van der Waals surface area (Å²) in [6.45, 7) is 0.0277. The standard InChI is InChI=1S/C12H12F2N2O2/c13-8-3-7(4-9(14)5-8)6-15-12(18)10-1-2-11(17)16-10/h3-5,10H,1-2,6H2,(H,15,18)(H,16,17). The fourth-order valence-electron chi connectivity index (χ4n) is 1.84. The summed E-state index contributed by atoms with van der Waals surface area (Å²) in [6, 6.07) is 2.52. The van der Waals surface area contributed by atoms with Crippen molar-refractivity contribution in [2.24, 2.45) is 0 Å². The lowest BCUT2D eigenvalue weighted by atomic mass is 10.2. The van der Waals surface area contributed by atoms with E-state index in [9.17, 15) is 18.4 Å². The molecule has 6 heteroatoms. The van der Waals surface area contributed by atoms with E-state index in [-0.39, 0.29) is 18.4 Å². The molecule has 18 heavy (non-hydrogen) atoms. The number of amides is 2. The molecule has 96 valence electrons. The maximum absolute atomic E-state index is 12.9. The van der Waals surface area contributed by atoms with Crippen LogP contribution in [0.15, 0.2) is 18.2 Å². The largest absolute Gasteiger partial charge is 0.350 e. The van der Waals surface area contributed by atoms with Gasteiger partial charge in [-0.25, -0.2) is 8.78 Å². The van der Waals surface area contributed by atoms with Crippen LogP contribution in [0.3, 0.4) is 0 Å². The molecule has 1 saturated heterocycles. The zero-order chi connectivity index (χ0) is 13.1. The SMILES string of the molecule is O=C1CCC(C(=O)NCc2cc(F)cc(F)c2)N1. The predicted molar refractivity (Wildman–Crippen MR) is 59.4 cm³/mol. The van der Waals surface area contributed by atoms with E-state index < -0.39 is 17.7 Å². The second-order valence-corrected chi connectivity index (χ2v) is 4.15. The fraction of sp³-hybridized carbons (Fsp3) is 0.333. The van der Waals surface area contributed by atoms with E-state index in [4.69, 9.17) is 0 Å². The summed E-state index contributed by atoms with van der Waals surface area (Å²) in [6.07, 6.45) is 0.773. The Bertz CT molecular complexity index is 471. The summed E-state index contributed by atoms with van der Waals surface area (Å²) >= 11 is 0. The predicted octanol–water partition coefficient (Wildman–Crippen LogP) is 0.860. The quantitative estimate of drug-likeness (QED) is 0.840. The maximum Gasteiger partial charge on any atom is 0.242 e. The lowest BCUT2D eigenvalue weighted by Crippen LogP contribution is -2.41. The third-order valence-electron chi connectivity index (χ3n) is 2.70. The van der Waals surface area contributed by atoms with Gasteiger partial charge in [-0.3, -0.25) is 9.59 Å². The van der Waals surface area contributed by atoms with Gasteiger partial charge in [0.05, 0.1) is 0 Å². The molecule has 0 spiro atoms. The third kappa shape index (κ3) is 3.03. The highest BCUT2D eigenvalue weighted by atomic mass is 19.1. The molecule has 0 saturated carbocycles. The second kappa shape index (κ2) is 5.12. The molecule has 1 fully saturated rings. The van der Waals surface area contributed by atoms with Crippen LogP contribution in [-0.4, -0.2) is 17.9 Å². The first-order valence-corrected chi connectivity index (χ1v) is 5.56. The molecular formula is C12H12F2N2O2. The molecular weight excluding hydrogens is 242 g/mol. The van der Waals surface area contributed by atoms with Crippen molar-refractivity contribution in [3.8, 4) is 0 Å². The van der Waals surface area contributed by atoms with Crippen LogP contribution in [0.5, 0.6) is 0 Å². The number of benzene rings is 1. The van der Waals surface area contributed by atoms with E-state index in [1.165, 1.54) is 0 Å². The van der Waals surface area contributed by atoms with Crippen molar-refractivity contribution in [2.45, 2.75) is 25.4 Å². The van der Waals surface area contributed by atoms with Gasteiger partial charge in [-0.2, -0.15) is 0 Å². The first-order chi connectivity index (χ1) is 8.54. The van der Waals surface area contributed by atoms with Gasteiger partial charge in [-0.1, -0.05) is 0 Å². The van der Waals surface area contributed by atoms with Crippen LogP contribution in [0.1, 0.15) is 18.4 Å². The van der Waals surface area contributed by atoms with Crippen molar-refractivity contribution in [1.82, 2.24) is 10.6 Å². The number of carbonyl (C=O) groups excluding carboxylic acids is 2. The average molecular weight is 254 g/mol. The van der Waals surface area contributed by atoms with Crippen molar-refractivity contribution >= 4 is 11.8 Å². The van der Waals surface area contributed by atoms with Crippen molar-refractivity contribution in [1.29, 1.82) is 0 Å². The molecule has 0 aromatic heterocycles. The van der Waals surface area contributed by atoms with Crippen molar-refractivity contribution in [3.05, 3.63) is 35.4 Å². The van der Waals surface area contributed by atoms with Crippen LogP contribution < -0.4 is 10.6 Å². The Morgan fingerprint density at radius 2 is 2.00 bits per heavy atom. The lowest BCUT2D eigenvalue weighted by Gasteiger charge is -2.11. The van der Waals surface area contributed by atoms with Crippen molar-refractivity contribution in [2.75, 3.05) is 0 Å². The molecule has 1 aromatic carbocycles. The first kappa shape index (κ1) is 12.5. The van der Waals surface area contributed by atoms with Gasteiger partial charge in [0.2, 0.25) is 11.8 Å². The first-order valence-electron chi connectivity index (χ1n) is 5.56. The minimum Gasteiger partial charge on any atom is -0.350 e. The Balaban J connectivity index is 1.91. The molecule has 1 aliphatic rings. The minimum atomic E-state index is -0.687. The molecule has 2 amide bonds. The minimum absolute atomic E-state index is 0.0277. The summed E-state index contributed by atoms with van der Waals surface area (Å²) in [4.78, 5) is 22.6. The average Bonchev–Trinajstić information content (AvgIpc) is 2.71. The van der Waals surface area contributed by atoms with Gasteiger partial charge in [0.15, 0.2) is 0 Å². The molecule has 1 aliphatic heterocycles. The highest BCUT2D eigenvalue weighted by Crippen LogP contribution is 2.09. The molecule has 0 aliphatic carbocycles. The zero-order valence-corrected chi connectivity index (χ0v) is 9.50. The van der Waals surface area contributed by atoms with E-state index in [1.54, 1.807) is 0 Å². The fourth-order valence-corrected chi connectivity index (χ4v) is 1.84. The Hall–Kier alpha value is -1.98. The molecule has 1 atom stereocenters. The number of rotatable bonds is 3. The number of nitrogens with one attached hydrogen (secondary N) is 2. The van der Waals surface area contributed by atoms with Gasteiger partial charge in [-0.15, -0.1) is 0 Å². The van der Waals surface area contributed by atoms with Gasteiger partial charge < -0.3 is 10.6 Å². The van der Waals surface area contributed by atoms with Gasteiger partial charge in [-0.05, 0) is 24.1 Å². The molecule has 1 heterocycles. The monoisotopic (exact) mass is 254 g/mol. The summed E-state index contributed by atoms with van der Waals surface area (Å²) in [7, 11) is 0. The van der Waals surface area contributed by atoms with Gasteiger partial charge in [0.25, 0.3) is 0 Å². The number of hydrogen-bond donors (Lipinski definition) is 2. The Labute approximate surface area is 102 Å². The van der Waals surface area contributed by atoms with Crippen molar-refractivity contribution < 1.29 is 18.4 Å². The molecule has 1 unspecified atom stereocenters. The topological polar surface area (TPSA) is 58.2 Å². The third-order valence-corrected chi connectivity index (χ3v) is 2.70. The van der Waals surface area contributed by atoms with Gasteiger partial charge in [0.1, 0.15) is 17.7 Å².